The van der Waals surface area contributed by atoms with Crippen LogP contribution in [0.2, 0.25) is 0 Å². The molecule has 26 heavy (non-hydrogen) atoms. The van der Waals surface area contributed by atoms with Crippen molar-refractivity contribution < 1.29 is 14.3 Å². The fourth-order valence-electron chi connectivity index (χ4n) is 3.38. The summed E-state index contributed by atoms with van der Waals surface area (Å²) >= 11 is 0. The second-order valence-corrected chi connectivity index (χ2v) is 8.66. The van der Waals surface area contributed by atoms with Crippen LogP contribution in [0.1, 0.15) is 77.5 Å². The Balaban J connectivity index is 1.79. The smallest absolute Gasteiger partial charge is 0.407 e. The van der Waals surface area contributed by atoms with Gasteiger partial charge >= 0.3 is 6.09 Å². The summed E-state index contributed by atoms with van der Waals surface area (Å²) in [5.41, 5.74) is 2.19. The third-order valence-corrected chi connectivity index (χ3v) is 4.71. The molecule has 0 saturated carbocycles. The van der Waals surface area contributed by atoms with Crippen LogP contribution in [0.25, 0.3) is 0 Å². The van der Waals surface area contributed by atoms with Gasteiger partial charge in [0, 0.05) is 13.0 Å². The van der Waals surface area contributed by atoms with Crippen LogP contribution in [-0.2, 0) is 14.9 Å². The highest BCUT2D eigenvalue weighted by atomic mass is 16.6. The fraction of sp³-hybridized carbons (Fsp3) is 0.619. The van der Waals surface area contributed by atoms with Crippen molar-refractivity contribution in [1.82, 2.24) is 10.6 Å². The van der Waals surface area contributed by atoms with E-state index in [0.29, 0.717) is 19.4 Å². The van der Waals surface area contributed by atoms with Gasteiger partial charge in [-0.1, -0.05) is 38.1 Å². The third-order valence-electron chi connectivity index (χ3n) is 4.71. The summed E-state index contributed by atoms with van der Waals surface area (Å²) in [4.78, 5) is 23.9. The van der Waals surface area contributed by atoms with Gasteiger partial charge in [-0.05, 0) is 56.6 Å². The molecule has 0 aromatic heterocycles. The summed E-state index contributed by atoms with van der Waals surface area (Å²) in [6.07, 6.45) is 2.53. The lowest BCUT2D eigenvalue weighted by molar-refractivity contribution is -0.122. The third kappa shape index (κ3) is 5.75. The van der Waals surface area contributed by atoms with Crippen LogP contribution in [0.15, 0.2) is 24.3 Å². The Labute approximate surface area is 156 Å². The van der Waals surface area contributed by atoms with E-state index in [9.17, 15) is 9.59 Å². The Morgan fingerprint density at radius 1 is 1.23 bits per heavy atom. The molecule has 5 heteroatoms. The number of carbonyl (C=O) groups is 2. The molecule has 144 valence electrons. The molecule has 1 unspecified atom stereocenters. The lowest BCUT2D eigenvalue weighted by atomic mass is 9.71. The molecule has 1 aliphatic rings. The number of amides is 2. The van der Waals surface area contributed by atoms with E-state index in [4.69, 9.17) is 4.74 Å². The van der Waals surface area contributed by atoms with E-state index in [1.807, 2.05) is 26.8 Å². The maximum Gasteiger partial charge on any atom is 0.407 e. The molecule has 0 saturated heterocycles. The summed E-state index contributed by atoms with van der Waals surface area (Å²) in [7, 11) is 0. The molecule has 2 amide bonds. The van der Waals surface area contributed by atoms with Crippen molar-refractivity contribution >= 4 is 12.0 Å². The largest absolute Gasteiger partial charge is 0.444 e. The van der Waals surface area contributed by atoms with E-state index in [1.165, 1.54) is 11.1 Å². The molecule has 0 radical (unpaired) electrons. The number of hydrogen-bond donors (Lipinski definition) is 2. The minimum atomic E-state index is -0.510. The highest BCUT2D eigenvalue weighted by Gasteiger charge is 2.32. The van der Waals surface area contributed by atoms with Crippen molar-refractivity contribution in [2.75, 3.05) is 6.54 Å². The van der Waals surface area contributed by atoms with Crippen LogP contribution in [-0.4, -0.2) is 24.1 Å². The Kier molecular flexibility index (Phi) is 6.32. The molecule has 2 rings (SSSR count). The molecule has 0 bridgehead atoms. The van der Waals surface area contributed by atoms with Crippen molar-refractivity contribution in [2.24, 2.45) is 0 Å². The maximum absolute atomic E-state index is 12.3. The summed E-state index contributed by atoms with van der Waals surface area (Å²) < 4.78 is 5.17. The van der Waals surface area contributed by atoms with E-state index in [-0.39, 0.29) is 17.4 Å². The van der Waals surface area contributed by atoms with Crippen molar-refractivity contribution in [3.63, 3.8) is 0 Å². The Morgan fingerprint density at radius 2 is 1.92 bits per heavy atom. The number of hydrogen-bond acceptors (Lipinski definition) is 3. The van der Waals surface area contributed by atoms with E-state index in [0.717, 1.165) is 12.8 Å². The molecular formula is C21H32N2O3. The van der Waals surface area contributed by atoms with E-state index in [2.05, 4.69) is 42.7 Å². The van der Waals surface area contributed by atoms with Gasteiger partial charge in [-0.2, -0.15) is 0 Å². The normalized spacial score (nSPS) is 18.6. The number of benzene rings is 1. The van der Waals surface area contributed by atoms with Crippen LogP contribution in [0.5, 0.6) is 0 Å². The zero-order chi connectivity index (χ0) is 19.4. The summed E-state index contributed by atoms with van der Waals surface area (Å²) in [5, 5.41) is 5.84. The van der Waals surface area contributed by atoms with Crippen LogP contribution >= 0.6 is 0 Å². The molecular weight excluding hydrogens is 328 g/mol. The molecule has 1 aliphatic carbocycles. The maximum atomic E-state index is 12.3. The first-order valence-electron chi connectivity index (χ1n) is 9.44. The molecule has 0 fully saturated rings. The number of nitrogens with one attached hydrogen (secondary N) is 2. The number of fused-ring (bicyclic) bond motifs is 1. The van der Waals surface area contributed by atoms with Crippen molar-refractivity contribution in [1.29, 1.82) is 0 Å². The first-order chi connectivity index (χ1) is 12.1. The minimum absolute atomic E-state index is 0.0236. The second kappa shape index (κ2) is 8.11. The zero-order valence-corrected chi connectivity index (χ0v) is 16.6. The monoisotopic (exact) mass is 360 g/mol. The van der Waals surface area contributed by atoms with Gasteiger partial charge in [0.15, 0.2) is 0 Å². The minimum Gasteiger partial charge on any atom is -0.444 e. The van der Waals surface area contributed by atoms with Crippen LogP contribution < -0.4 is 10.6 Å². The highest BCUT2D eigenvalue weighted by Crippen LogP contribution is 2.41. The van der Waals surface area contributed by atoms with E-state index >= 15 is 0 Å². The molecule has 0 spiro atoms. The van der Waals surface area contributed by atoms with Gasteiger partial charge in [-0.15, -0.1) is 0 Å². The fourth-order valence-corrected chi connectivity index (χ4v) is 3.38. The standard InChI is InChI=1S/C21H32N2O3/c1-20(2,3)26-19(25)22-14-8-11-18(24)23-17-12-13-21(4,5)16-10-7-6-9-15(16)17/h6-7,9-10,17H,8,11-14H2,1-5H3,(H,22,25)(H,23,24). The van der Waals surface area contributed by atoms with Crippen LogP contribution in [0, 0.1) is 0 Å². The second-order valence-electron chi connectivity index (χ2n) is 8.66. The van der Waals surface area contributed by atoms with Gasteiger partial charge < -0.3 is 15.4 Å². The Bertz CT molecular complexity index is 647. The quantitative estimate of drug-likeness (QED) is 0.773. The van der Waals surface area contributed by atoms with Crippen LogP contribution in [0.3, 0.4) is 0 Å². The van der Waals surface area contributed by atoms with Gasteiger partial charge in [0.25, 0.3) is 0 Å². The van der Waals surface area contributed by atoms with Gasteiger partial charge in [0.2, 0.25) is 5.91 Å². The molecule has 0 heterocycles. The molecule has 2 N–H and O–H groups in total. The Hall–Kier alpha value is -2.04. The molecule has 5 nitrogen and oxygen atoms in total. The number of alkyl carbamates (subject to hydrolysis) is 1. The average molecular weight is 360 g/mol. The summed E-state index contributed by atoms with van der Waals surface area (Å²) in [6, 6.07) is 8.45. The summed E-state index contributed by atoms with van der Waals surface area (Å²) in [6.45, 7) is 10.4. The Morgan fingerprint density at radius 3 is 2.62 bits per heavy atom. The van der Waals surface area contributed by atoms with Crippen LogP contribution in [0.4, 0.5) is 4.79 Å². The number of rotatable bonds is 5. The molecule has 1 aromatic carbocycles. The first-order valence-corrected chi connectivity index (χ1v) is 9.44. The first kappa shape index (κ1) is 20.3. The molecule has 1 atom stereocenters. The van der Waals surface area contributed by atoms with Gasteiger partial charge in [0.1, 0.15) is 5.60 Å². The summed E-state index contributed by atoms with van der Waals surface area (Å²) in [5.74, 6) is 0.0236. The number of carbonyl (C=O) groups excluding carboxylic acids is 2. The predicted octanol–water partition coefficient (Wildman–Crippen LogP) is 4.22. The number of ether oxygens (including phenoxy) is 1. The van der Waals surface area contributed by atoms with Gasteiger partial charge in [-0.25, -0.2) is 4.79 Å². The lowest BCUT2D eigenvalue weighted by Crippen LogP contribution is -2.36. The SMILES string of the molecule is CC(C)(C)OC(=O)NCCCC(=O)NC1CCC(C)(C)c2ccccc21. The van der Waals surface area contributed by atoms with E-state index in [1.54, 1.807) is 0 Å². The lowest BCUT2D eigenvalue weighted by Gasteiger charge is -2.37. The average Bonchev–Trinajstić information content (AvgIpc) is 2.53. The van der Waals surface area contributed by atoms with E-state index < -0.39 is 11.7 Å². The van der Waals surface area contributed by atoms with Crippen molar-refractivity contribution in [3.8, 4) is 0 Å². The molecule has 1 aromatic rings. The highest BCUT2D eigenvalue weighted by molar-refractivity contribution is 5.76. The molecule has 0 aliphatic heterocycles. The van der Waals surface area contributed by atoms with Crippen molar-refractivity contribution in [3.05, 3.63) is 35.4 Å². The predicted molar refractivity (Wildman–Crippen MR) is 103 cm³/mol. The topological polar surface area (TPSA) is 67.4 Å². The van der Waals surface area contributed by atoms with Gasteiger partial charge in [0.05, 0.1) is 6.04 Å². The zero-order valence-electron chi connectivity index (χ0n) is 16.6. The van der Waals surface area contributed by atoms with Gasteiger partial charge in [-0.3, -0.25) is 4.79 Å². The van der Waals surface area contributed by atoms with Crippen molar-refractivity contribution in [2.45, 2.75) is 77.4 Å².